The van der Waals surface area contributed by atoms with E-state index in [1.54, 1.807) is 19.1 Å². The standard InChI is InChI=1S/C14H19NO/c1-13(2,3)9-10-14(4,16)11-7-5-6-8-12(11)15/h5-8,16H,15H2,1-4H3. The zero-order valence-corrected chi connectivity index (χ0v) is 10.3. The van der Waals surface area contributed by atoms with E-state index in [2.05, 4.69) is 11.8 Å². The van der Waals surface area contributed by atoms with Crippen LogP contribution in [0.25, 0.3) is 0 Å². The molecule has 0 amide bonds. The van der Waals surface area contributed by atoms with Crippen molar-refractivity contribution in [3.63, 3.8) is 0 Å². The smallest absolute Gasteiger partial charge is 0.150 e. The second-order valence-electron chi connectivity index (χ2n) is 5.16. The highest BCUT2D eigenvalue weighted by Crippen LogP contribution is 2.25. The topological polar surface area (TPSA) is 46.2 Å². The highest BCUT2D eigenvalue weighted by molar-refractivity contribution is 5.52. The number of hydrogen-bond acceptors (Lipinski definition) is 2. The summed E-state index contributed by atoms with van der Waals surface area (Å²) in [7, 11) is 0. The number of anilines is 1. The Kier molecular flexibility index (Phi) is 3.30. The van der Waals surface area contributed by atoms with Gasteiger partial charge in [-0.15, -0.1) is 0 Å². The van der Waals surface area contributed by atoms with Crippen molar-refractivity contribution in [1.82, 2.24) is 0 Å². The summed E-state index contributed by atoms with van der Waals surface area (Å²) in [5.74, 6) is 5.91. The summed E-state index contributed by atoms with van der Waals surface area (Å²) in [6.45, 7) is 7.68. The third-order valence-electron chi connectivity index (χ3n) is 2.17. The third-order valence-corrected chi connectivity index (χ3v) is 2.17. The van der Waals surface area contributed by atoms with Crippen LogP contribution in [0.1, 0.15) is 33.3 Å². The molecule has 2 nitrogen and oxygen atoms in total. The van der Waals surface area contributed by atoms with Gasteiger partial charge in [0.1, 0.15) is 5.60 Å². The van der Waals surface area contributed by atoms with E-state index in [1.165, 1.54) is 0 Å². The second kappa shape index (κ2) is 4.19. The fourth-order valence-corrected chi connectivity index (χ4v) is 1.32. The van der Waals surface area contributed by atoms with Gasteiger partial charge in [-0.2, -0.15) is 0 Å². The van der Waals surface area contributed by atoms with E-state index < -0.39 is 5.60 Å². The van der Waals surface area contributed by atoms with Crippen molar-refractivity contribution in [2.24, 2.45) is 5.41 Å². The lowest BCUT2D eigenvalue weighted by atomic mass is 9.91. The summed E-state index contributed by atoms with van der Waals surface area (Å²) in [5.41, 5.74) is 5.72. The molecule has 0 heterocycles. The molecule has 0 radical (unpaired) electrons. The molecule has 1 aromatic carbocycles. The molecule has 0 bridgehead atoms. The van der Waals surface area contributed by atoms with Crippen LogP contribution in [-0.4, -0.2) is 5.11 Å². The van der Waals surface area contributed by atoms with E-state index >= 15 is 0 Å². The molecule has 0 saturated heterocycles. The number of nitrogens with two attached hydrogens (primary N) is 1. The van der Waals surface area contributed by atoms with Crippen molar-refractivity contribution in [2.75, 3.05) is 5.73 Å². The molecule has 1 aromatic rings. The molecule has 0 fully saturated rings. The van der Waals surface area contributed by atoms with E-state index in [4.69, 9.17) is 5.73 Å². The van der Waals surface area contributed by atoms with Gasteiger partial charge in [-0.05, 0) is 33.8 Å². The van der Waals surface area contributed by atoms with Gasteiger partial charge in [-0.3, -0.25) is 0 Å². The zero-order valence-electron chi connectivity index (χ0n) is 10.3. The van der Waals surface area contributed by atoms with Crippen LogP contribution >= 0.6 is 0 Å². The first-order valence-electron chi connectivity index (χ1n) is 5.34. The maximum Gasteiger partial charge on any atom is 0.150 e. The third kappa shape index (κ3) is 3.29. The van der Waals surface area contributed by atoms with Gasteiger partial charge in [0.05, 0.1) is 0 Å². The van der Waals surface area contributed by atoms with Crippen molar-refractivity contribution >= 4 is 5.69 Å². The Morgan fingerprint density at radius 3 is 2.12 bits per heavy atom. The molecular weight excluding hydrogens is 198 g/mol. The van der Waals surface area contributed by atoms with E-state index in [9.17, 15) is 5.11 Å². The lowest BCUT2D eigenvalue weighted by Gasteiger charge is -2.20. The van der Waals surface area contributed by atoms with Gasteiger partial charge >= 0.3 is 0 Å². The largest absolute Gasteiger partial charge is 0.398 e. The highest BCUT2D eigenvalue weighted by Gasteiger charge is 2.22. The lowest BCUT2D eigenvalue weighted by Crippen LogP contribution is -2.21. The monoisotopic (exact) mass is 217 g/mol. The van der Waals surface area contributed by atoms with Gasteiger partial charge < -0.3 is 10.8 Å². The number of para-hydroxylation sites is 1. The highest BCUT2D eigenvalue weighted by atomic mass is 16.3. The van der Waals surface area contributed by atoms with Crippen LogP contribution in [0.5, 0.6) is 0 Å². The van der Waals surface area contributed by atoms with Crippen LogP contribution in [0.3, 0.4) is 0 Å². The average molecular weight is 217 g/mol. The van der Waals surface area contributed by atoms with E-state index in [0.29, 0.717) is 11.3 Å². The summed E-state index contributed by atoms with van der Waals surface area (Å²) in [6.07, 6.45) is 0. The van der Waals surface area contributed by atoms with Gasteiger partial charge in [0.25, 0.3) is 0 Å². The minimum Gasteiger partial charge on any atom is -0.398 e. The van der Waals surface area contributed by atoms with E-state index in [0.717, 1.165) is 0 Å². The molecule has 16 heavy (non-hydrogen) atoms. The van der Waals surface area contributed by atoms with Crippen LogP contribution in [-0.2, 0) is 5.60 Å². The second-order valence-corrected chi connectivity index (χ2v) is 5.16. The van der Waals surface area contributed by atoms with Crippen molar-refractivity contribution in [1.29, 1.82) is 0 Å². The predicted octanol–water partition coefficient (Wildman–Crippen LogP) is 2.53. The first-order valence-corrected chi connectivity index (χ1v) is 5.34. The average Bonchev–Trinajstić information content (AvgIpc) is 2.14. The molecule has 0 aliphatic heterocycles. The minimum atomic E-state index is -1.20. The molecular formula is C14H19NO. The van der Waals surface area contributed by atoms with Gasteiger partial charge in [0, 0.05) is 16.7 Å². The number of rotatable bonds is 1. The maximum atomic E-state index is 10.3. The Morgan fingerprint density at radius 2 is 1.62 bits per heavy atom. The zero-order chi connectivity index (χ0) is 12.4. The molecule has 1 unspecified atom stereocenters. The number of aliphatic hydroxyl groups is 1. The number of hydrogen-bond donors (Lipinski definition) is 2. The molecule has 1 atom stereocenters. The van der Waals surface area contributed by atoms with Crippen molar-refractivity contribution < 1.29 is 5.11 Å². The molecule has 0 aromatic heterocycles. The quantitative estimate of drug-likeness (QED) is 0.561. The SMILES string of the molecule is CC(C)(C)C#CC(C)(O)c1ccccc1N. The van der Waals surface area contributed by atoms with Crippen molar-refractivity contribution in [2.45, 2.75) is 33.3 Å². The molecule has 0 aliphatic carbocycles. The Balaban J connectivity index is 3.11. The van der Waals surface area contributed by atoms with Crippen LogP contribution in [0, 0.1) is 17.3 Å². The first kappa shape index (κ1) is 12.6. The van der Waals surface area contributed by atoms with Gasteiger partial charge in [-0.1, -0.05) is 30.0 Å². The Bertz CT molecular complexity index is 430. The summed E-state index contributed by atoms with van der Waals surface area (Å²) in [6, 6.07) is 7.25. The lowest BCUT2D eigenvalue weighted by molar-refractivity contribution is 0.122. The molecule has 3 N–H and O–H groups in total. The molecule has 2 heteroatoms. The fourth-order valence-electron chi connectivity index (χ4n) is 1.32. The summed E-state index contributed by atoms with van der Waals surface area (Å²) in [5, 5.41) is 10.3. The minimum absolute atomic E-state index is 0.131. The van der Waals surface area contributed by atoms with Crippen LogP contribution < -0.4 is 5.73 Å². The van der Waals surface area contributed by atoms with Crippen molar-refractivity contribution in [3.8, 4) is 11.8 Å². The fraction of sp³-hybridized carbons (Fsp3) is 0.429. The van der Waals surface area contributed by atoms with Gasteiger partial charge in [0.15, 0.2) is 0 Å². The van der Waals surface area contributed by atoms with Gasteiger partial charge in [0.2, 0.25) is 0 Å². The van der Waals surface area contributed by atoms with Crippen LogP contribution in [0.4, 0.5) is 5.69 Å². The van der Waals surface area contributed by atoms with E-state index in [1.807, 2.05) is 32.9 Å². The molecule has 86 valence electrons. The molecule has 0 aliphatic rings. The predicted molar refractivity (Wildman–Crippen MR) is 67.7 cm³/mol. The Labute approximate surface area is 97.5 Å². The molecule has 0 saturated carbocycles. The van der Waals surface area contributed by atoms with Crippen LogP contribution in [0.15, 0.2) is 24.3 Å². The van der Waals surface area contributed by atoms with E-state index in [-0.39, 0.29) is 5.41 Å². The normalized spacial score (nSPS) is 14.8. The summed E-state index contributed by atoms with van der Waals surface area (Å²) < 4.78 is 0. The van der Waals surface area contributed by atoms with Crippen LogP contribution in [0.2, 0.25) is 0 Å². The van der Waals surface area contributed by atoms with Gasteiger partial charge in [-0.25, -0.2) is 0 Å². The summed E-state index contributed by atoms with van der Waals surface area (Å²) in [4.78, 5) is 0. The summed E-state index contributed by atoms with van der Waals surface area (Å²) >= 11 is 0. The number of nitrogen functional groups attached to an aromatic ring is 1. The number of benzene rings is 1. The molecule has 1 rings (SSSR count). The Hall–Kier alpha value is -1.46. The molecule has 0 spiro atoms. The first-order chi connectivity index (χ1) is 7.22. The van der Waals surface area contributed by atoms with Crippen molar-refractivity contribution in [3.05, 3.63) is 29.8 Å². The Morgan fingerprint density at radius 1 is 1.06 bits per heavy atom. The maximum absolute atomic E-state index is 10.3.